The molecule has 7 heteroatoms. The van der Waals surface area contributed by atoms with Gasteiger partial charge in [-0.3, -0.25) is 0 Å². The molecule has 0 spiro atoms. The summed E-state index contributed by atoms with van der Waals surface area (Å²) in [6.07, 6.45) is 2.44. The lowest BCUT2D eigenvalue weighted by molar-refractivity contribution is 0.285. The van der Waals surface area contributed by atoms with Gasteiger partial charge in [-0.15, -0.1) is 0 Å². The molecule has 0 atom stereocenters. The Balaban J connectivity index is 2.12. The first-order chi connectivity index (χ1) is 9.11. The van der Waals surface area contributed by atoms with Crippen LogP contribution in [0.25, 0.3) is 0 Å². The molecule has 0 unspecified atom stereocenters. The number of nitrogens with two attached hydrogens (primary N) is 1. The molecule has 0 saturated heterocycles. The molecule has 2 rings (SSSR count). The highest BCUT2D eigenvalue weighted by molar-refractivity contribution is 9.10. The number of hydrogen-bond donors (Lipinski definition) is 1. The van der Waals surface area contributed by atoms with Crippen LogP contribution in [0.5, 0.6) is 5.75 Å². The molecule has 0 bridgehead atoms. The van der Waals surface area contributed by atoms with Crippen LogP contribution in [0.15, 0.2) is 22.9 Å². The lowest BCUT2D eigenvalue weighted by atomic mass is 10.3. The van der Waals surface area contributed by atoms with Crippen molar-refractivity contribution >= 4 is 21.6 Å². The Labute approximate surface area is 118 Å². The molecule has 1 aromatic carbocycles. The highest BCUT2D eigenvalue weighted by atomic mass is 79.9. The van der Waals surface area contributed by atoms with Gasteiger partial charge in [-0.25, -0.2) is 14.1 Å². The molecule has 0 radical (unpaired) electrons. The maximum absolute atomic E-state index is 13.1. The third kappa shape index (κ3) is 3.23. The molecule has 1 heterocycles. The zero-order valence-corrected chi connectivity index (χ0v) is 12.0. The SMILES string of the molecule is CCCn1ncnc1COc1c(N)cc(F)cc1Br. The molecule has 0 saturated carbocycles. The standard InChI is InChI=1S/C12H14BrFN4O/c1-2-3-18-11(16-7-17-18)6-19-12-9(13)4-8(14)5-10(12)15/h4-5,7H,2-3,6,15H2,1H3. The van der Waals surface area contributed by atoms with Crippen LogP contribution in [-0.2, 0) is 13.2 Å². The van der Waals surface area contributed by atoms with E-state index in [9.17, 15) is 4.39 Å². The van der Waals surface area contributed by atoms with Crippen molar-refractivity contribution in [3.8, 4) is 5.75 Å². The normalized spacial score (nSPS) is 10.7. The smallest absolute Gasteiger partial charge is 0.164 e. The second-order valence-corrected chi connectivity index (χ2v) is 4.85. The maximum atomic E-state index is 13.1. The molecule has 0 aliphatic carbocycles. The van der Waals surface area contributed by atoms with E-state index < -0.39 is 5.82 Å². The summed E-state index contributed by atoms with van der Waals surface area (Å²) in [6, 6.07) is 2.53. The van der Waals surface area contributed by atoms with Gasteiger partial charge in [-0.2, -0.15) is 5.10 Å². The average molecular weight is 329 g/mol. The van der Waals surface area contributed by atoms with E-state index in [1.54, 1.807) is 4.68 Å². The number of anilines is 1. The van der Waals surface area contributed by atoms with Gasteiger partial charge in [0.25, 0.3) is 0 Å². The lowest BCUT2D eigenvalue weighted by Gasteiger charge is -2.11. The minimum Gasteiger partial charge on any atom is -0.482 e. The minimum absolute atomic E-state index is 0.231. The maximum Gasteiger partial charge on any atom is 0.164 e. The fourth-order valence-electron chi connectivity index (χ4n) is 1.67. The number of aromatic nitrogens is 3. The van der Waals surface area contributed by atoms with Crippen LogP contribution in [-0.4, -0.2) is 14.8 Å². The summed E-state index contributed by atoms with van der Waals surface area (Å²) in [5.41, 5.74) is 5.96. The van der Waals surface area contributed by atoms with Crippen molar-refractivity contribution in [1.29, 1.82) is 0 Å². The quantitative estimate of drug-likeness (QED) is 0.857. The van der Waals surface area contributed by atoms with Crippen molar-refractivity contribution in [2.45, 2.75) is 26.5 Å². The van der Waals surface area contributed by atoms with Crippen LogP contribution < -0.4 is 10.5 Å². The first-order valence-electron chi connectivity index (χ1n) is 5.85. The van der Waals surface area contributed by atoms with Crippen LogP contribution >= 0.6 is 15.9 Å². The Morgan fingerprint density at radius 2 is 2.26 bits per heavy atom. The highest BCUT2D eigenvalue weighted by Gasteiger charge is 2.11. The Morgan fingerprint density at radius 3 is 2.95 bits per heavy atom. The minimum atomic E-state index is -0.411. The van der Waals surface area contributed by atoms with Crippen LogP contribution in [0.3, 0.4) is 0 Å². The van der Waals surface area contributed by atoms with E-state index in [-0.39, 0.29) is 12.3 Å². The number of halogens is 2. The van der Waals surface area contributed by atoms with Gasteiger partial charge in [0.1, 0.15) is 18.8 Å². The summed E-state index contributed by atoms with van der Waals surface area (Å²) in [5, 5.41) is 4.10. The van der Waals surface area contributed by atoms with Crippen molar-refractivity contribution < 1.29 is 9.13 Å². The first kappa shape index (κ1) is 13.8. The second kappa shape index (κ2) is 6.01. The zero-order chi connectivity index (χ0) is 13.8. The molecule has 19 heavy (non-hydrogen) atoms. The van der Waals surface area contributed by atoms with Gasteiger partial charge in [-0.05, 0) is 28.4 Å². The number of ether oxygens (including phenoxy) is 1. The molecule has 0 aliphatic heterocycles. The monoisotopic (exact) mass is 328 g/mol. The Kier molecular flexibility index (Phi) is 4.36. The van der Waals surface area contributed by atoms with Gasteiger partial charge in [0.2, 0.25) is 0 Å². The third-order valence-corrected chi connectivity index (χ3v) is 3.10. The summed E-state index contributed by atoms with van der Waals surface area (Å²) in [6.45, 7) is 3.06. The lowest BCUT2D eigenvalue weighted by Crippen LogP contribution is -2.09. The van der Waals surface area contributed by atoms with Gasteiger partial charge in [0.05, 0.1) is 10.2 Å². The van der Waals surface area contributed by atoms with E-state index in [0.29, 0.717) is 16.0 Å². The van der Waals surface area contributed by atoms with Crippen molar-refractivity contribution in [3.63, 3.8) is 0 Å². The van der Waals surface area contributed by atoms with Crippen LogP contribution in [0.2, 0.25) is 0 Å². The third-order valence-electron chi connectivity index (χ3n) is 2.51. The Morgan fingerprint density at radius 1 is 1.47 bits per heavy atom. The fourth-order valence-corrected chi connectivity index (χ4v) is 2.23. The van der Waals surface area contributed by atoms with E-state index in [4.69, 9.17) is 10.5 Å². The highest BCUT2D eigenvalue weighted by Crippen LogP contribution is 2.32. The van der Waals surface area contributed by atoms with Gasteiger partial charge >= 0.3 is 0 Å². The number of benzene rings is 1. The number of aryl methyl sites for hydroxylation is 1. The molecular formula is C12H14BrFN4O. The van der Waals surface area contributed by atoms with Crippen LogP contribution in [0.4, 0.5) is 10.1 Å². The summed E-state index contributed by atoms with van der Waals surface area (Å²) in [7, 11) is 0. The molecule has 0 amide bonds. The topological polar surface area (TPSA) is 66.0 Å². The van der Waals surface area contributed by atoms with E-state index in [1.165, 1.54) is 18.5 Å². The molecule has 2 N–H and O–H groups in total. The summed E-state index contributed by atoms with van der Waals surface area (Å²) in [4.78, 5) is 4.12. The van der Waals surface area contributed by atoms with Gasteiger partial charge in [0.15, 0.2) is 11.6 Å². The Hall–Kier alpha value is -1.63. The van der Waals surface area contributed by atoms with Crippen LogP contribution in [0.1, 0.15) is 19.2 Å². The van der Waals surface area contributed by atoms with Crippen molar-refractivity contribution in [3.05, 3.63) is 34.6 Å². The summed E-state index contributed by atoms with van der Waals surface area (Å²) < 4.78 is 20.9. The molecule has 0 aliphatic rings. The van der Waals surface area contributed by atoms with Crippen molar-refractivity contribution in [2.24, 2.45) is 0 Å². The van der Waals surface area contributed by atoms with E-state index in [0.717, 1.165) is 13.0 Å². The van der Waals surface area contributed by atoms with Crippen molar-refractivity contribution in [1.82, 2.24) is 14.8 Å². The fraction of sp³-hybridized carbons (Fsp3) is 0.333. The Bertz CT molecular complexity index is 550. The van der Waals surface area contributed by atoms with Gasteiger partial charge < -0.3 is 10.5 Å². The number of nitrogen functional groups attached to an aromatic ring is 1. The predicted octanol–water partition coefficient (Wildman–Crippen LogP) is 2.75. The van der Waals surface area contributed by atoms with Gasteiger partial charge in [0, 0.05) is 12.6 Å². The zero-order valence-electron chi connectivity index (χ0n) is 10.4. The molecule has 1 aromatic heterocycles. The van der Waals surface area contributed by atoms with E-state index in [1.807, 2.05) is 0 Å². The average Bonchev–Trinajstić information content (AvgIpc) is 2.76. The van der Waals surface area contributed by atoms with Crippen LogP contribution in [0, 0.1) is 5.82 Å². The first-order valence-corrected chi connectivity index (χ1v) is 6.65. The second-order valence-electron chi connectivity index (χ2n) is 3.99. The largest absolute Gasteiger partial charge is 0.482 e. The molecule has 2 aromatic rings. The molecule has 0 fully saturated rings. The number of rotatable bonds is 5. The molecule has 102 valence electrons. The predicted molar refractivity (Wildman–Crippen MR) is 73.2 cm³/mol. The summed E-state index contributed by atoms with van der Waals surface area (Å²) >= 11 is 3.22. The summed E-state index contributed by atoms with van der Waals surface area (Å²) in [5.74, 6) is 0.704. The molecular weight excluding hydrogens is 315 g/mol. The number of hydrogen-bond acceptors (Lipinski definition) is 4. The number of nitrogens with zero attached hydrogens (tertiary/aromatic N) is 3. The molecule has 5 nitrogen and oxygen atoms in total. The van der Waals surface area contributed by atoms with E-state index in [2.05, 4.69) is 32.9 Å². The van der Waals surface area contributed by atoms with Gasteiger partial charge in [-0.1, -0.05) is 6.92 Å². The van der Waals surface area contributed by atoms with E-state index >= 15 is 0 Å². The van der Waals surface area contributed by atoms with Crippen molar-refractivity contribution in [2.75, 3.05) is 5.73 Å².